The lowest BCUT2D eigenvalue weighted by Crippen LogP contribution is -2.42. The Hall–Kier alpha value is -3.90. The molecule has 1 aromatic heterocycles. The number of aryl methyl sites for hydroxylation is 1. The molecular weight excluding hydrogens is 448 g/mol. The summed E-state index contributed by atoms with van der Waals surface area (Å²) in [6.45, 7) is 5.29. The first-order chi connectivity index (χ1) is 16.3. The van der Waals surface area contributed by atoms with Gasteiger partial charge in [-0.25, -0.2) is 9.97 Å². The molecule has 0 bridgehead atoms. The first kappa shape index (κ1) is 23.3. The minimum atomic E-state index is -1.09. The zero-order valence-corrected chi connectivity index (χ0v) is 19.9. The number of nitrogens with zero attached hydrogens (tertiary/aromatic N) is 2. The zero-order chi connectivity index (χ0) is 24.1. The monoisotopic (exact) mass is 472 g/mol. The highest BCUT2D eigenvalue weighted by molar-refractivity contribution is 6.30. The number of ether oxygens (including phenoxy) is 1. The van der Waals surface area contributed by atoms with Gasteiger partial charge in [-0.15, -0.1) is 0 Å². The summed E-state index contributed by atoms with van der Waals surface area (Å²) in [5, 5.41) is 6.84. The van der Waals surface area contributed by atoms with Crippen molar-refractivity contribution in [3.8, 4) is 17.0 Å². The van der Waals surface area contributed by atoms with Crippen molar-refractivity contribution in [1.29, 1.82) is 0 Å². The van der Waals surface area contributed by atoms with E-state index < -0.39 is 5.60 Å². The van der Waals surface area contributed by atoms with Gasteiger partial charge in [0, 0.05) is 28.0 Å². The number of carbonyl (C=O) groups excluding carboxylic acids is 1. The van der Waals surface area contributed by atoms with Gasteiger partial charge in [0.25, 0.3) is 5.91 Å². The molecule has 1 heterocycles. The molecule has 1 amide bonds. The lowest BCUT2D eigenvalue weighted by Gasteiger charge is -2.25. The van der Waals surface area contributed by atoms with Crippen molar-refractivity contribution in [1.82, 2.24) is 9.97 Å². The Balaban J connectivity index is 1.47. The maximum Gasteiger partial charge on any atom is 0.267 e. The topological polar surface area (TPSA) is 76.1 Å². The van der Waals surface area contributed by atoms with Crippen LogP contribution < -0.4 is 15.4 Å². The van der Waals surface area contributed by atoms with Gasteiger partial charge < -0.3 is 15.4 Å². The lowest BCUT2D eigenvalue weighted by atomic mass is 10.1. The molecule has 3 aromatic carbocycles. The second-order valence-corrected chi connectivity index (χ2v) is 8.71. The Morgan fingerprint density at radius 2 is 1.59 bits per heavy atom. The van der Waals surface area contributed by atoms with E-state index in [1.807, 2.05) is 67.6 Å². The first-order valence-electron chi connectivity index (χ1n) is 10.8. The Morgan fingerprint density at radius 1 is 0.882 bits per heavy atom. The maximum absolute atomic E-state index is 12.9. The van der Waals surface area contributed by atoms with Gasteiger partial charge in [-0.3, -0.25) is 4.79 Å². The number of aromatic nitrogens is 2. The molecule has 0 saturated carbocycles. The molecule has 0 radical (unpaired) electrons. The Morgan fingerprint density at radius 3 is 2.32 bits per heavy atom. The van der Waals surface area contributed by atoms with Crippen LogP contribution >= 0.6 is 11.6 Å². The predicted molar refractivity (Wildman–Crippen MR) is 137 cm³/mol. The molecule has 4 aromatic rings. The van der Waals surface area contributed by atoms with E-state index in [0.717, 1.165) is 16.9 Å². The van der Waals surface area contributed by atoms with Gasteiger partial charge in [0.2, 0.25) is 0 Å². The smallest absolute Gasteiger partial charge is 0.267 e. The third kappa shape index (κ3) is 5.91. The standard InChI is InChI=1S/C27H25ClN4O2/c1-18-29-24(19-8-5-4-6-9-19)17-25(30-18)31-21-10-7-11-22(16-21)32-26(33)27(2,3)34-23-14-12-20(28)13-15-23/h4-17H,1-3H3,(H,32,33)(H,29,30,31). The van der Waals surface area contributed by atoms with Crippen LogP contribution in [0.4, 0.5) is 17.2 Å². The van der Waals surface area contributed by atoms with Gasteiger partial charge in [-0.2, -0.15) is 0 Å². The molecule has 4 rings (SSSR count). The van der Waals surface area contributed by atoms with Gasteiger partial charge in [0.1, 0.15) is 17.4 Å². The fourth-order valence-corrected chi connectivity index (χ4v) is 3.46. The van der Waals surface area contributed by atoms with Crippen LogP contribution in [0.3, 0.4) is 0 Å². The molecule has 2 N–H and O–H groups in total. The number of hydrogen-bond donors (Lipinski definition) is 2. The minimum absolute atomic E-state index is 0.274. The average Bonchev–Trinajstić information content (AvgIpc) is 2.81. The zero-order valence-electron chi connectivity index (χ0n) is 19.2. The van der Waals surface area contributed by atoms with E-state index in [4.69, 9.17) is 16.3 Å². The fourth-order valence-electron chi connectivity index (χ4n) is 3.34. The van der Waals surface area contributed by atoms with Gasteiger partial charge >= 0.3 is 0 Å². The highest BCUT2D eigenvalue weighted by Crippen LogP contribution is 2.25. The van der Waals surface area contributed by atoms with Crippen molar-refractivity contribution in [2.45, 2.75) is 26.4 Å². The molecule has 0 spiro atoms. The van der Waals surface area contributed by atoms with E-state index in [2.05, 4.69) is 20.6 Å². The summed E-state index contributed by atoms with van der Waals surface area (Å²) >= 11 is 5.93. The summed E-state index contributed by atoms with van der Waals surface area (Å²) in [6, 6.07) is 26.2. The molecule has 6 nitrogen and oxygen atoms in total. The molecule has 0 unspecified atom stereocenters. The molecule has 0 aliphatic carbocycles. The van der Waals surface area contributed by atoms with Crippen molar-refractivity contribution in [2.75, 3.05) is 10.6 Å². The third-order valence-electron chi connectivity index (χ3n) is 5.03. The minimum Gasteiger partial charge on any atom is -0.478 e. The Labute approximate surface area is 204 Å². The molecular formula is C27H25ClN4O2. The predicted octanol–water partition coefficient (Wildman–Crippen LogP) is 6.65. The summed E-state index contributed by atoms with van der Waals surface area (Å²) < 4.78 is 5.88. The summed E-state index contributed by atoms with van der Waals surface area (Å²) in [7, 11) is 0. The molecule has 0 fully saturated rings. The van der Waals surface area contributed by atoms with Crippen LogP contribution in [0.5, 0.6) is 5.75 Å². The summed E-state index contributed by atoms with van der Waals surface area (Å²) in [6.07, 6.45) is 0. The summed E-state index contributed by atoms with van der Waals surface area (Å²) in [4.78, 5) is 22.0. The lowest BCUT2D eigenvalue weighted by molar-refractivity contribution is -0.128. The van der Waals surface area contributed by atoms with Crippen molar-refractivity contribution in [3.63, 3.8) is 0 Å². The maximum atomic E-state index is 12.9. The number of hydrogen-bond acceptors (Lipinski definition) is 5. The average molecular weight is 473 g/mol. The number of benzene rings is 3. The van der Waals surface area contributed by atoms with Crippen LogP contribution in [-0.2, 0) is 4.79 Å². The Kier molecular flexibility index (Phi) is 6.80. The largest absolute Gasteiger partial charge is 0.478 e. The Bertz CT molecular complexity index is 1290. The van der Waals surface area contributed by atoms with E-state index >= 15 is 0 Å². The molecule has 34 heavy (non-hydrogen) atoms. The van der Waals surface area contributed by atoms with Gasteiger partial charge in [-0.1, -0.05) is 48.0 Å². The number of nitrogens with one attached hydrogen (secondary N) is 2. The van der Waals surface area contributed by atoms with Crippen LogP contribution in [0.15, 0.2) is 84.9 Å². The van der Waals surface area contributed by atoms with Crippen LogP contribution in [0, 0.1) is 6.92 Å². The third-order valence-corrected chi connectivity index (χ3v) is 5.29. The normalized spacial score (nSPS) is 11.1. The van der Waals surface area contributed by atoms with Crippen molar-refractivity contribution < 1.29 is 9.53 Å². The first-order valence-corrected chi connectivity index (χ1v) is 11.2. The van der Waals surface area contributed by atoms with E-state index in [1.54, 1.807) is 38.1 Å². The highest BCUT2D eigenvalue weighted by atomic mass is 35.5. The van der Waals surface area contributed by atoms with Crippen LogP contribution in [0.25, 0.3) is 11.3 Å². The second kappa shape index (κ2) is 9.93. The fraction of sp³-hybridized carbons (Fsp3) is 0.148. The van der Waals surface area contributed by atoms with Gasteiger partial charge in [0.05, 0.1) is 5.69 Å². The van der Waals surface area contributed by atoms with E-state index in [9.17, 15) is 4.79 Å². The van der Waals surface area contributed by atoms with Crippen LogP contribution in [0.2, 0.25) is 5.02 Å². The molecule has 172 valence electrons. The van der Waals surface area contributed by atoms with Crippen molar-refractivity contribution in [2.24, 2.45) is 0 Å². The molecule has 0 atom stereocenters. The SMILES string of the molecule is Cc1nc(Nc2cccc(NC(=O)C(C)(C)Oc3ccc(Cl)cc3)c2)cc(-c2ccccc2)n1. The number of carbonyl (C=O) groups is 1. The summed E-state index contributed by atoms with van der Waals surface area (Å²) in [5.41, 5.74) is 2.18. The van der Waals surface area contributed by atoms with E-state index in [-0.39, 0.29) is 5.91 Å². The second-order valence-electron chi connectivity index (χ2n) is 8.28. The van der Waals surface area contributed by atoms with Gasteiger partial charge in [-0.05, 0) is 63.2 Å². The number of amides is 1. The van der Waals surface area contributed by atoms with Crippen molar-refractivity contribution >= 4 is 34.7 Å². The summed E-state index contributed by atoms with van der Waals surface area (Å²) in [5.74, 6) is 1.62. The number of anilines is 3. The highest BCUT2D eigenvalue weighted by Gasteiger charge is 2.30. The van der Waals surface area contributed by atoms with Crippen LogP contribution in [-0.4, -0.2) is 21.5 Å². The number of rotatable bonds is 7. The number of halogens is 1. The van der Waals surface area contributed by atoms with Gasteiger partial charge in [0.15, 0.2) is 5.60 Å². The quantitative estimate of drug-likeness (QED) is 0.315. The molecule has 7 heteroatoms. The molecule has 0 saturated heterocycles. The molecule has 0 aliphatic heterocycles. The van der Waals surface area contributed by atoms with Crippen LogP contribution in [0.1, 0.15) is 19.7 Å². The van der Waals surface area contributed by atoms with Crippen molar-refractivity contribution in [3.05, 3.63) is 95.8 Å². The van der Waals surface area contributed by atoms with E-state index in [1.165, 1.54) is 0 Å². The van der Waals surface area contributed by atoms with E-state index in [0.29, 0.717) is 28.1 Å². The molecule has 0 aliphatic rings.